The Kier molecular flexibility index (Phi) is 6.18. The molecule has 1 aromatic carbocycles. The molecule has 9 heteroatoms. The van der Waals surface area contributed by atoms with Crippen molar-refractivity contribution < 1.29 is 22.5 Å². The van der Waals surface area contributed by atoms with E-state index in [-0.39, 0.29) is 21.1 Å². The summed E-state index contributed by atoms with van der Waals surface area (Å²) in [6.07, 6.45) is 3.74. The minimum Gasteiger partial charge on any atom is -0.381 e. The lowest BCUT2D eigenvalue weighted by Gasteiger charge is -2.26. The highest BCUT2D eigenvalue weighted by Crippen LogP contribution is 2.38. The molecular weight excluding hydrogens is 428 g/mol. The number of sulfone groups is 1. The molecule has 2 fully saturated rings. The first-order valence-corrected chi connectivity index (χ1v) is 12.1. The predicted octanol–water partition coefficient (Wildman–Crippen LogP) is 4.11. The number of carbonyl (C=O) groups excluding carboxylic acids is 1. The van der Waals surface area contributed by atoms with Crippen LogP contribution in [0.1, 0.15) is 49.3 Å². The van der Waals surface area contributed by atoms with Crippen LogP contribution >= 0.6 is 11.6 Å². The topological polar surface area (TPSA) is 98.5 Å². The summed E-state index contributed by atoms with van der Waals surface area (Å²) in [6, 6.07) is 6.52. The van der Waals surface area contributed by atoms with E-state index in [9.17, 15) is 13.2 Å². The number of aryl methyl sites for hydroxylation is 1. The zero-order chi connectivity index (χ0) is 21.3. The van der Waals surface area contributed by atoms with Gasteiger partial charge in [0.2, 0.25) is 5.91 Å². The van der Waals surface area contributed by atoms with E-state index >= 15 is 0 Å². The highest BCUT2D eigenvalue weighted by molar-refractivity contribution is 7.92. The molecule has 2 aromatic rings. The number of nitrogens with zero attached hydrogens (tertiary/aromatic N) is 1. The molecule has 1 aromatic heterocycles. The van der Waals surface area contributed by atoms with Crippen molar-refractivity contribution in [2.24, 2.45) is 5.92 Å². The van der Waals surface area contributed by atoms with Crippen LogP contribution in [0.25, 0.3) is 0 Å². The molecule has 1 amide bonds. The van der Waals surface area contributed by atoms with Crippen LogP contribution in [0.3, 0.4) is 0 Å². The summed E-state index contributed by atoms with van der Waals surface area (Å²) in [7, 11) is -3.40. The van der Waals surface area contributed by atoms with Gasteiger partial charge in [-0.25, -0.2) is 8.42 Å². The Hall–Kier alpha value is -1.90. The van der Waals surface area contributed by atoms with E-state index in [0.717, 1.165) is 12.8 Å². The third-order valence-electron chi connectivity index (χ3n) is 5.73. The largest absolute Gasteiger partial charge is 0.381 e. The standard InChI is InChI=1S/C21H25ClN2O5S/c1-13-10-20(24-29-13)23-21(25)17(11-14-6-8-28-9-7-14)15-2-5-19(18(22)12-15)30(26,27)16-3-4-16/h2,5,10,12,14,16-17H,3-4,6-9,11H2,1H3,(H,23,24,25). The summed E-state index contributed by atoms with van der Waals surface area (Å²) in [5.74, 6) is 0.587. The van der Waals surface area contributed by atoms with Crippen molar-refractivity contribution in [3.05, 3.63) is 40.6 Å². The minimum absolute atomic E-state index is 0.146. The Bertz CT molecular complexity index is 1030. The molecule has 0 radical (unpaired) electrons. The molecule has 0 spiro atoms. The van der Waals surface area contributed by atoms with Gasteiger partial charge >= 0.3 is 0 Å². The third kappa shape index (κ3) is 4.71. The van der Waals surface area contributed by atoms with Gasteiger partial charge in [0.1, 0.15) is 5.76 Å². The smallest absolute Gasteiger partial charge is 0.233 e. The van der Waals surface area contributed by atoms with E-state index in [2.05, 4.69) is 10.5 Å². The number of anilines is 1. The van der Waals surface area contributed by atoms with E-state index in [0.29, 0.717) is 55.5 Å². The van der Waals surface area contributed by atoms with Gasteiger partial charge in [-0.15, -0.1) is 0 Å². The van der Waals surface area contributed by atoms with E-state index in [1.807, 2.05) is 0 Å². The molecule has 1 aliphatic carbocycles. The molecule has 1 aliphatic heterocycles. The number of ether oxygens (including phenoxy) is 1. The van der Waals surface area contributed by atoms with Gasteiger partial charge < -0.3 is 14.6 Å². The summed E-state index contributed by atoms with van der Waals surface area (Å²) in [5, 5.41) is 6.48. The number of hydrogen-bond donors (Lipinski definition) is 1. The average molecular weight is 453 g/mol. The van der Waals surface area contributed by atoms with Crippen LogP contribution in [0, 0.1) is 12.8 Å². The van der Waals surface area contributed by atoms with Crippen molar-refractivity contribution in [3.63, 3.8) is 0 Å². The summed E-state index contributed by atoms with van der Waals surface area (Å²) in [5.41, 5.74) is 0.693. The van der Waals surface area contributed by atoms with Crippen molar-refractivity contribution in [3.8, 4) is 0 Å². The minimum atomic E-state index is -3.40. The van der Waals surface area contributed by atoms with E-state index in [1.54, 1.807) is 25.1 Å². The second kappa shape index (κ2) is 8.69. The zero-order valence-electron chi connectivity index (χ0n) is 16.8. The number of hydrogen-bond acceptors (Lipinski definition) is 6. The van der Waals surface area contributed by atoms with Crippen molar-refractivity contribution >= 4 is 33.2 Å². The first kappa shape index (κ1) is 21.3. The van der Waals surface area contributed by atoms with E-state index in [4.69, 9.17) is 20.9 Å². The van der Waals surface area contributed by atoms with E-state index < -0.39 is 15.8 Å². The van der Waals surface area contributed by atoms with Gasteiger partial charge in [0.05, 0.1) is 21.1 Å². The van der Waals surface area contributed by atoms with Crippen molar-refractivity contribution in [2.45, 2.75) is 55.1 Å². The second-order valence-corrected chi connectivity index (χ2v) is 10.7. The van der Waals surface area contributed by atoms with Crippen LogP contribution < -0.4 is 5.32 Å². The normalized spacial score (nSPS) is 18.9. The van der Waals surface area contributed by atoms with E-state index in [1.165, 1.54) is 6.07 Å². The zero-order valence-corrected chi connectivity index (χ0v) is 18.3. The van der Waals surface area contributed by atoms with Gasteiger partial charge in [0, 0.05) is 19.3 Å². The fourth-order valence-corrected chi connectivity index (χ4v) is 6.09. The molecule has 1 atom stereocenters. The molecule has 1 unspecified atom stereocenters. The Morgan fingerprint density at radius 3 is 2.57 bits per heavy atom. The average Bonchev–Trinajstić information content (AvgIpc) is 3.50. The number of amides is 1. The Labute approximate surface area is 181 Å². The Morgan fingerprint density at radius 1 is 1.23 bits per heavy atom. The molecular formula is C21H25ClN2O5S. The first-order chi connectivity index (χ1) is 14.3. The van der Waals surface area contributed by atoms with Gasteiger partial charge in [-0.05, 0) is 62.6 Å². The molecule has 162 valence electrons. The predicted molar refractivity (Wildman–Crippen MR) is 112 cm³/mol. The number of benzene rings is 1. The monoisotopic (exact) mass is 452 g/mol. The summed E-state index contributed by atoms with van der Waals surface area (Å²) >= 11 is 6.38. The van der Waals surface area contributed by atoms with Gasteiger partial charge in [-0.2, -0.15) is 0 Å². The lowest BCUT2D eigenvalue weighted by atomic mass is 9.84. The molecule has 7 nitrogen and oxygen atoms in total. The summed E-state index contributed by atoms with van der Waals surface area (Å²) < 4.78 is 35.7. The summed E-state index contributed by atoms with van der Waals surface area (Å²) in [6.45, 7) is 3.11. The third-order valence-corrected chi connectivity index (χ3v) is 8.48. The fraction of sp³-hybridized carbons (Fsp3) is 0.524. The Balaban J connectivity index is 1.60. The van der Waals surface area contributed by atoms with Crippen LogP contribution in [0.5, 0.6) is 0 Å². The number of nitrogens with one attached hydrogen (secondary N) is 1. The maximum atomic E-state index is 13.1. The molecule has 2 heterocycles. The van der Waals surface area contributed by atoms with Crippen molar-refractivity contribution in [2.75, 3.05) is 18.5 Å². The van der Waals surface area contributed by atoms with Crippen LogP contribution in [-0.4, -0.2) is 37.9 Å². The van der Waals surface area contributed by atoms with Crippen molar-refractivity contribution in [1.82, 2.24) is 5.16 Å². The van der Waals surface area contributed by atoms with Crippen LogP contribution in [0.2, 0.25) is 5.02 Å². The maximum absolute atomic E-state index is 13.1. The fourth-order valence-electron chi connectivity index (χ4n) is 3.87. The highest BCUT2D eigenvalue weighted by Gasteiger charge is 2.38. The van der Waals surface area contributed by atoms with Crippen LogP contribution in [0.4, 0.5) is 5.82 Å². The van der Waals surface area contributed by atoms with Crippen molar-refractivity contribution in [1.29, 1.82) is 0 Å². The Morgan fingerprint density at radius 2 is 1.97 bits per heavy atom. The number of halogens is 1. The SMILES string of the molecule is Cc1cc(NC(=O)C(CC2CCOCC2)c2ccc(S(=O)(=O)C3CC3)c(Cl)c2)no1. The summed E-state index contributed by atoms with van der Waals surface area (Å²) in [4.78, 5) is 13.3. The van der Waals surface area contributed by atoms with Gasteiger partial charge in [0.25, 0.3) is 0 Å². The number of carbonyl (C=O) groups is 1. The molecule has 2 aliphatic rings. The van der Waals surface area contributed by atoms with Crippen LogP contribution in [0.15, 0.2) is 33.7 Å². The molecule has 1 N–H and O–H groups in total. The lowest BCUT2D eigenvalue weighted by molar-refractivity contribution is -0.118. The number of aromatic nitrogens is 1. The molecule has 1 saturated heterocycles. The molecule has 1 saturated carbocycles. The van der Waals surface area contributed by atoms with Gasteiger partial charge in [-0.1, -0.05) is 22.8 Å². The van der Waals surface area contributed by atoms with Crippen LogP contribution in [-0.2, 0) is 19.4 Å². The number of rotatable bonds is 7. The first-order valence-electron chi connectivity index (χ1n) is 10.2. The van der Waals surface area contributed by atoms with Gasteiger partial charge in [0.15, 0.2) is 15.7 Å². The molecule has 0 bridgehead atoms. The lowest BCUT2D eigenvalue weighted by Crippen LogP contribution is -2.26. The maximum Gasteiger partial charge on any atom is 0.233 e. The molecule has 30 heavy (non-hydrogen) atoms. The molecule has 4 rings (SSSR count). The second-order valence-electron chi connectivity index (χ2n) is 8.09. The highest BCUT2D eigenvalue weighted by atomic mass is 35.5. The quantitative estimate of drug-likeness (QED) is 0.678. The van der Waals surface area contributed by atoms with Gasteiger partial charge in [-0.3, -0.25) is 4.79 Å².